The maximum atomic E-state index is 9.81. The highest BCUT2D eigenvalue weighted by Crippen LogP contribution is 2.17. The molecule has 0 spiro atoms. The Bertz CT molecular complexity index is 307. The highest BCUT2D eigenvalue weighted by atomic mass is 16.3. The van der Waals surface area contributed by atoms with Crippen LogP contribution in [0, 0.1) is 0 Å². The van der Waals surface area contributed by atoms with E-state index in [4.69, 9.17) is 0 Å². The molecule has 0 unspecified atom stereocenters. The monoisotopic (exact) mass is 236 g/mol. The van der Waals surface area contributed by atoms with Crippen molar-refractivity contribution in [2.24, 2.45) is 0 Å². The van der Waals surface area contributed by atoms with E-state index in [2.05, 4.69) is 28.0 Å². The SMILES string of the molecule is CC(C)(O)CN1CCN(C2=CCCC=C2)CC1. The van der Waals surface area contributed by atoms with Gasteiger partial charge in [0.15, 0.2) is 0 Å². The largest absolute Gasteiger partial charge is 0.389 e. The van der Waals surface area contributed by atoms with Crippen LogP contribution < -0.4 is 0 Å². The van der Waals surface area contributed by atoms with Gasteiger partial charge in [-0.2, -0.15) is 0 Å². The van der Waals surface area contributed by atoms with E-state index in [9.17, 15) is 5.11 Å². The average molecular weight is 236 g/mol. The molecule has 1 heterocycles. The zero-order chi connectivity index (χ0) is 12.3. The minimum Gasteiger partial charge on any atom is -0.389 e. The minimum absolute atomic E-state index is 0.577. The van der Waals surface area contributed by atoms with Gasteiger partial charge in [0, 0.05) is 38.4 Å². The molecule has 0 atom stereocenters. The lowest BCUT2D eigenvalue weighted by atomic mass is 10.1. The van der Waals surface area contributed by atoms with Gasteiger partial charge in [-0.25, -0.2) is 0 Å². The number of nitrogens with zero attached hydrogens (tertiary/aromatic N) is 2. The number of allylic oxidation sites excluding steroid dienone is 3. The molecule has 1 fully saturated rings. The predicted octanol–water partition coefficient (Wildman–Crippen LogP) is 1.61. The quantitative estimate of drug-likeness (QED) is 0.806. The standard InChI is InChI=1S/C14H24N2O/c1-14(2,17)12-15-8-10-16(11-9-15)13-6-4-3-5-7-13/h4,6-7,17H,3,5,8-12H2,1-2H3. The third-order valence-electron chi connectivity index (χ3n) is 3.32. The Hall–Kier alpha value is -0.800. The zero-order valence-corrected chi connectivity index (χ0v) is 11.0. The molecule has 2 aliphatic rings. The summed E-state index contributed by atoms with van der Waals surface area (Å²) in [5, 5.41) is 9.81. The second-order valence-corrected chi connectivity index (χ2v) is 5.68. The second kappa shape index (κ2) is 5.23. The number of hydrogen-bond donors (Lipinski definition) is 1. The first-order valence-electron chi connectivity index (χ1n) is 6.61. The molecular formula is C14H24N2O. The van der Waals surface area contributed by atoms with E-state index in [1.165, 1.54) is 18.5 Å². The Morgan fingerprint density at radius 1 is 1.18 bits per heavy atom. The molecule has 17 heavy (non-hydrogen) atoms. The molecule has 1 N–H and O–H groups in total. The summed E-state index contributed by atoms with van der Waals surface area (Å²) in [6, 6.07) is 0. The van der Waals surface area contributed by atoms with Gasteiger partial charge >= 0.3 is 0 Å². The van der Waals surface area contributed by atoms with Crippen LogP contribution in [-0.2, 0) is 0 Å². The number of β-amino-alcohol motifs (C(OH)–C–C–N with tert-alkyl or cyclic N) is 1. The average Bonchev–Trinajstić information content (AvgIpc) is 2.29. The summed E-state index contributed by atoms with van der Waals surface area (Å²) < 4.78 is 0. The highest BCUT2D eigenvalue weighted by molar-refractivity contribution is 5.21. The van der Waals surface area contributed by atoms with Crippen LogP contribution >= 0.6 is 0 Å². The predicted molar refractivity (Wildman–Crippen MR) is 70.8 cm³/mol. The molecule has 3 nitrogen and oxygen atoms in total. The first-order chi connectivity index (χ1) is 8.04. The van der Waals surface area contributed by atoms with Crippen molar-refractivity contribution in [2.75, 3.05) is 32.7 Å². The van der Waals surface area contributed by atoms with Crippen molar-refractivity contribution in [1.82, 2.24) is 9.80 Å². The van der Waals surface area contributed by atoms with Gasteiger partial charge in [-0.05, 0) is 32.8 Å². The van der Waals surface area contributed by atoms with Crippen LogP contribution in [0.2, 0.25) is 0 Å². The van der Waals surface area contributed by atoms with Gasteiger partial charge in [-0.15, -0.1) is 0 Å². The lowest BCUT2D eigenvalue weighted by molar-refractivity contribution is 0.0223. The summed E-state index contributed by atoms with van der Waals surface area (Å²) in [4.78, 5) is 4.81. The van der Waals surface area contributed by atoms with E-state index in [0.29, 0.717) is 0 Å². The molecule has 0 radical (unpaired) electrons. The van der Waals surface area contributed by atoms with Crippen LogP contribution in [0.1, 0.15) is 26.7 Å². The van der Waals surface area contributed by atoms with E-state index in [1.54, 1.807) is 0 Å². The molecule has 3 heteroatoms. The first kappa shape index (κ1) is 12.7. The lowest BCUT2D eigenvalue weighted by Crippen LogP contribution is -2.49. The molecule has 96 valence electrons. The molecule has 0 aromatic carbocycles. The Morgan fingerprint density at radius 2 is 1.88 bits per heavy atom. The van der Waals surface area contributed by atoms with Crippen molar-refractivity contribution >= 4 is 0 Å². The molecule has 1 aliphatic heterocycles. The van der Waals surface area contributed by atoms with Gasteiger partial charge in [0.2, 0.25) is 0 Å². The third kappa shape index (κ3) is 3.86. The molecule has 1 aliphatic carbocycles. The minimum atomic E-state index is -0.577. The lowest BCUT2D eigenvalue weighted by Gasteiger charge is -2.39. The van der Waals surface area contributed by atoms with Crippen molar-refractivity contribution in [3.05, 3.63) is 23.9 Å². The Balaban J connectivity index is 1.82. The maximum Gasteiger partial charge on any atom is 0.0718 e. The fourth-order valence-corrected chi connectivity index (χ4v) is 2.55. The molecule has 0 aromatic rings. The van der Waals surface area contributed by atoms with Crippen LogP contribution in [0.25, 0.3) is 0 Å². The first-order valence-corrected chi connectivity index (χ1v) is 6.61. The Morgan fingerprint density at radius 3 is 2.41 bits per heavy atom. The molecule has 2 rings (SSSR count). The van der Waals surface area contributed by atoms with Gasteiger partial charge in [-0.1, -0.05) is 12.2 Å². The number of piperazine rings is 1. The van der Waals surface area contributed by atoms with E-state index >= 15 is 0 Å². The Labute approximate surface area is 104 Å². The summed E-state index contributed by atoms with van der Waals surface area (Å²) in [5.41, 5.74) is 0.811. The van der Waals surface area contributed by atoms with Gasteiger partial charge < -0.3 is 10.0 Å². The van der Waals surface area contributed by atoms with Crippen molar-refractivity contribution < 1.29 is 5.11 Å². The van der Waals surface area contributed by atoms with Crippen molar-refractivity contribution in [3.8, 4) is 0 Å². The van der Waals surface area contributed by atoms with Gasteiger partial charge in [0.25, 0.3) is 0 Å². The van der Waals surface area contributed by atoms with Crippen LogP contribution in [0.4, 0.5) is 0 Å². The van der Waals surface area contributed by atoms with E-state index < -0.39 is 5.60 Å². The molecule has 0 aromatic heterocycles. The summed E-state index contributed by atoms with van der Waals surface area (Å²) in [5.74, 6) is 0. The smallest absolute Gasteiger partial charge is 0.0718 e. The second-order valence-electron chi connectivity index (χ2n) is 5.68. The van der Waals surface area contributed by atoms with Crippen molar-refractivity contribution in [2.45, 2.75) is 32.3 Å². The van der Waals surface area contributed by atoms with Crippen LogP contribution in [0.15, 0.2) is 23.9 Å². The van der Waals surface area contributed by atoms with Gasteiger partial charge in [0.05, 0.1) is 5.60 Å². The normalized spacial score (nSPS) is 22.8. The van der Waals surface area contributed by atoms with E-state index in [1.807, 2.05) is 13.8 Å². The summed E-state index contributed by atoms with van der Waals surface area (Å²) >= 11 is 0. The van der Waals surface area contributed by atoms with Gasteiger partial charge in [0.1, 0.15) is 0 Å². The van der Waals surface area contributed by atoms with E-state index in [-0.39, 0.29) is 0 Å². The summed E-state index contributed by atoms with van der Waals surface area (Å²) in [7, 11) is 0. The van der Waals surface area contributed by atoms with Crippen LogP contribution in [0.5, 0.6) is 0 Å². The number of aliphatic hydroxyl groups is 1. The number of hydrogen-bond acceptors (Lipinski definition) is 3. The van der Waals surface area contributed by atoms with E-state index in [0.717, 1.165) is 32.7 Å². The molecule has 1 saturated heterocycles. The zero-order valence-electron chi connectivity index (χ0n) is 11.0. The fourth-order valence-electron chi connectivity index (χ4n) is 2.55. The summed E-state index contributed by atoms with van der Waals surface area (Å²) in [6.45, 7) is 8.79. The molecule has 0 saturated carbocycles. The topological polar surface area (TPSA) is 26.7 Å². The number of rotatable bonds is 3. The third-order valence-corrected chi connectivity index (χ3v) is 3.32. The van der Waals surface area contributed by atoms with Crippen LogP contribution in [0.3, 0.4) is 0 Å². The highest BCUT2D eigenvalue weighted by Gasteiger charge is 2.23. The maximum absolute atomic E-state index is 9.81. The molecular weight excluding hydrogens is 212 g/mol. The van der Waals surface area contributed by atoms with Gasteiger partial charge in [-0.3, -0.25) is 4.90 Å². The fraction of sp³-hybridized carbons (Fsp3) is 0.714. The Kier molecular flexibility index (Phi) is 3.89. The summed E-state index contributed by atoms with van der Waals surface area (Å²) in [6.07, 6.45) is 9.21. The van der Waals surface area contributed by atoms with Crippen LogP contribution in [-0.4, -0.2) is 53.2 Å². The van der Waals surface area contributed by atoms with Crippen molar-refractivity contribution in [1.29, 1.82) is 0 Å². The van der Waals surface area contributed by atoms with Crippen molar-refractivity contribution in [3.63, 3.8) is 0 Å². The molecule has 0 bridgehead atoms. The molecule has 0 amide bonds.